The number of hydrogen-bond donors (Lipinski definition) is 1. The van der Waals surface area contributed by atoms with E-state index in [-0.39, 0.29) is 18.6 Å². The highest BCUT2D eigenvalue weighted by Crippen LogP contribution is 2.20. The average molecular weight is 420 g/mol. The average Bonchev–Trinajstić information content (AvgIpc) is 2.60. The summed E-state index contributed by atoms with van der Waals surface area (Å²) in [5.74, 6) is -0.922. The molecule has 2 aromatic rings. The van der Waals surface area contributed by atoms with Crippen LogP contribution < -0.4 is 5.32 Å². The lowest BCUT2D eigenvalue weighted by molar-refractivity contribution is -0.119. The van der Waals surface area contributed by atoms with Gasteiger partial charge in [0.15, 0.2) is 6.61 Å². The summed E-state index contributed by atoms with van der Waals surface area (Å²) < 4.78 is 11.5. The summed E-state index contributed by atoms with van der Waals surface area (Å²) in [6.45, 7) is 5.96. The first-order valence-corrected chi connectivity index (χ1v) is 9.08. The van der Waals surface area contributed by atoms with Gasteiger partial charge in [-0.15, -0.1) is 0 Å². The molecule has 0 saturated carbocycles. The van der Waals surface area contributed by atoms with E-state index in [0.717, 1.165) is 15.6 Å². The van der Waals surface area contributed by atoms with Gasteiger partial charge in [-0.25, -0.2) is 4.79 Å². The number of nitrogens with one attached hydrogen (secondary N) is 1. The molecule has 1 N–H and O–H groups in total. The van der Waals surface area contributed by atoms with Gasteiger partial charge in [0.2, 0.25) is 0 Å². The van der Waals surface area contributed by atoms with Crippen molar-refractivity contribution in [1.29, 1.82) is 0 Å². The minimum absolute atomic E-state index is 0.146. The minimum Gasteiger partial charge on any atom is -0.452 e. The Morgan fingerprint density at radius 2 is 1.81 bits per heavy atom. The number of amides is 1. The Bertz CT molecular complexity index is 772. The number of esters is 1. The number of rotatable bonds is 7. The van der Waals surface area contributed by atoms with Crippen LogP contribution in [0.1, 0.15) is 35.3 Å². The molecule has 0 aliphatic carbocycles. The lowest BCUT2D eigenvalue weighted by atomic mass is 10.1. The molecule has 0 saturated heterocycles. The molecule has 138 valence electrons. The molecular formula is C20H22BrNO4. The lowest BCUT2D eigenvalue weighted by Gasteiger charge is -2.10. The topological polar surface area (TPSA) is 64.6 Å². The van der Waals surface area contributed by atoms with E-state index >= 15 is 0 Å². The summed E-state index contributed by atoms with van der Waals surface area (Å²) in [4.78, 5) is 24.0. The number of aryl methyl sites for hydroxylation is 1. The molecule has 0 spiro atoms. The number of halogens is 1. The van der Waals surface area contributed by atoms with Crippen molar-refractivity contribution in [3.63, 3.8) is 0 Å². The van der Waals surface area contributed by atoms with Gasteiger partial charge < -0.3 is 14.8 Å². The zero-order valence-corrected chi connectivity index (χ0v) is 16.6. The van der Waals surface area contributed by atoms with E-state index in [1.54, 1.807) is 18.2 Å². The van der Waals surface area contributed by atoms with Crippen molar-refractivity contribution >= 4 is 33.5 Å². The summed E-state index contributed by atoms with van der Waals surface area (Å²) in [7, 11) is 0. The van der Waals surface area contributed by atoms with E-state index in [4.69, 9.17) is 9.47 Å². The molecular weight excluding hydrogens is 398 g/mol. The molecule has 2 aromatic carbocycles. The van der Waals surface area contributed by atoms with Crippen molar-refractivity contribution in [3.05, 3.63) is 63.6 Å². The van der Waals surface area contributed by atoms with Gasteiger partial charge in [0.05, 0.1) is 18.3 Å². The second-order valence-corrected chi connectivity index (χ2v) is 7.06. The Hall–Kier alpha value is -2.18. The predicted molar refractivity (Wildman–Crippen MR) is 104 cm³/mol. The van der Waals surface area contributed by atoms with E-state index in [2.05, 4.69) is 21.2 Å². The molecule has 1 amide bonds. The third-order valence-corrected chi connectivity index (χ3v) is 4.06. The van der Waals surface area contributed by atoms with Crippen LogP contribution in [0.25, 0.3) is 0 Å². The highest BCUT2D eigenvalue weighted by atomic mass is 79.9. The molecule has 0 atom stereocenters. The van der Waals surface area contributed by atoms with Crippen LogP contribution >= 0.6 is 15.9 Å². The fraction of sp³-hybridized carbons (Fsp3) is 0.300. The lowest BCUT2D eigenvalue weighted by Crippen LogP contribution is -2.21. The number of benzene rings is 2. The van der Waals surface area contributed by atoms with Gasteiger partial charge in [-0.05, 0) is 62.2 Å². The van der Waals surface area contributed by atoms with Crippen LogP contribution in [0.2, 0.25) is 0 Å². The second kappa shape index (κ2) is 9.50. The quantitative estimate of drug-likeness (QED) is 0.671. The van der Waals surface area contributed by atoms with Crippen molar-refractivity contribution in [2.24, 2.45) is 0 Å². The molecule has 6 heteroatoms. The van der Waals surface area contributed by atoms with Gasteiger partial charge >= 0.3 is 5.97 Å². The van der Waals surface area contributed by atoms with Crippen LogP contribution in [0.5, 0.6) is 0 Å². The zero-order chi connectivity index (χ0) is 19.1. The Morgan fingerprint density at radius 3 is 2.42 bits per heavy atom. The van der Waals surface area contributed by atoms with E-state index in [9.17, 15) is 9.59 Å². The molecule has 2 rings (SSSR count). The van der Waals surface area contributed by atoms with Gasteiger partial charge in [-0.2, -0.15) is 0 Å². The summed E-state index contributed by atoms with van der Waals surface area (Å²) in [6.07, 6.45) is 0.146. The van der Waals surface area contributed by atoms with Crippen molar-refractivity contribution in [2.45, 2.75) is 33.5 Å². The fourth-order valence-electron chi connectivity index (χ4n) is 2.17. The molecule has 0 bridgehead atoms. The summed E-state index contributed by atoms with van der Waals surface area (Å²) in [6, 6.07) is 12.5. The molecule has 0 unspecified atom stereocenters. The predicted octanol–water partition coefficient (Wildman–Crippen LogP) is 4.48. The summed E-state index contributed by atoms with van der Waals surface area (Å²) in [5, 5.41) is 2.73. The van der Waals surface area contributed by atoms with Gasteiger partial charge in [-0.3, -0.25) is 4.79 Å². The second-order valence-electron chi connectivity index (χ2n) is 6.14. The third-order valence-electron chi connectivity index (χ3n) is 3.57. The van der Waals surface area contributed by atoms with Crippen LogP contribution in [-0.2, 0) is 20.9 Å². The van der Waals surface area contributed by atoms with E-state index in [1.165, 1.54) is 0 Å². The molecule has 0 aromatic heterocycles. The highest BCUT2D eigenvalue weighted by molar-refractivity contribution is 9.10. The van der Waals surface area contributed by atoms with Crippen LogP contribution in [0.3, 0.4) is 0 Å². The maximum Gasteiger partial charge on any atom is 0.338 e. The van der Waals surface area contributed by atoms with E-state index < -0.39 is 5.97 Å². The first-order valence-electron chi connectivity index (χ1n) is 8.29. The Kier molecular flexibility index (Phi) is 7.36. The van der Waals surface area contributed by atoms with E-state index in [1.807, 2.05) is 45.0 Å². The molecule has 26 heavy (non-hydrogen) atoms. The number of anilines is 1. The fourth-order valence-corrected chi connectivity index (χ4v) is 2.64. The van der Waals surface area contributed by atoms with Crippen LogP contribution in [-0.4, -0.2) is 24.6 Å². The van der Waals surface area contributed by atoms with Crippen molar-refractivity contribution < 1.29 is 19.1 Å². The Morgan fingerprint density at radius 1 is 1.12 bits per heavy atom. The van der Waals surface area contributed by atoms with Crippen LogP contribution in [0.4, 0.5) is 5.69 Å². The minimum atomic E-state index is -0.538. The van der Waals surface area contributed by atoms with Gasteiger partial charge in [0, 0.05) is 10.2 Å². The Balaban J connectivity index is 1.84. The van der Waals surface area contributed by atoms with Gasteiger partial charge in [0.25, 0.3) is 5.91 Å². The standard InChI is InChI=1S/C20H22BrNO4/c1-13(2)25-11-15-4-6-16(7-5-15)20(24)26-12-19(23)22-18-9-8-17(21)10-14(18)3/h4-10,13H,11-12H2,1-3H3,(H,22,23). The zero-order valence-electron chi connectivity index (χ0n) is 15.0. The number of carbonyl (C=O) groups excluding carboxylic acids is 2. The highest BCUT2D eigenvalue weighted by Gasteiger charge is 2.11. The first kappa shape index (κ1) is 20.1. The third kappa shape index (κ3) is 6.28. The molecule has 0 aliphatic rings. The van der Waals surface area contributed by atoms with Crippen LogP contribution in [0, 0.1) is 6.92 Å². The molecule has 0 radical (unpaired) electrons. The van der Waals surface area contributed by atoms with E-state index in [0.29, 0.717) is 17.9 Å². The summed E-state index contributed by atoms with van der Waals surface area (Å²) >= 11 is 3.37. The monoisotopic (exact) mass is 419 g/mol. The van der Waals surface area contributed by atoms with Crippen LogP contribution in [0.15, 0.2) is 46.9 Å². The van der Waals surface area contributed by atoms with Crippen molar-refractivity contribution in [2.75, 3.05) is 11.9 Å². The van der Waals surface area contributed by atoms with Gasteiger partial charge in [-0.1, -0.05) is 28.1 Å². The normalized spacial score (nSPS) is 10.7. The van der Waals surface area contributed by atoms with Crippen molar-refractivity contribution in [3.8, 4) is 0 Å². The molecule has 0 aliphatic heterocycles. The maximum absolute atomic E-state index is 12.1. The molecule has 0 heterocycles. The van der Waals surface area contributed by atoms with Gasteiger partial charge in [0.1, 0.15) is 0 Å². The molecule has 0 fully saturated rings. The maximum atomic E-state index is 12.1. The van der Waals surface area contributed by atoms with Crippen molar-refractivity contribution in [1.82, 2.24) is 0 Å². The SMILES string of the molecule is Cc1cc(Br)ccc1NC(=O)COC(=O)c1ccc(COC(C)C)cc1. The largest absolute Gasteiger partial charge is 0.452 e. The molecule has 5 nitrogen and oxygen atoms in total. The number of carbonyl (C=O) groups is 2. The number of hydrogen-bond acceptors (Lipinski definition) is 4. The first-order chi connectivity index (χ1) is 12.3. The number of ether oxygens (including phenoxy) is 2. The smallest absolute Gasteiger partial charge is 0.338 e. The Labute approximate surface area is 161 Å². The summed E-state index contributed by atoms with van der Waals surface area (Å²) in [5.41, 5.74) is 2.96.